The Morgan fingerprint density at radius 1 is 1.50 bits per heavy atom. The second kappa shape index (κ2) is 5.54. The lowest BCUT2D eigenvalue weighted by molar-refractivity contribution is 0.103. The van der Waals surface area contributed by atoms with Crippen LogP contribution in [0.4, 0.5) is 5.82 Å². The predicted octanol–water partition coefficient (Wildman–Crippen LogP) is 4.17. The van der Waals surface area contributed by atoms with E-state index in [1.165, 1.54) is 23.1 Å². The first-order valence-electron chi connectivity index (χ1n) is 6.66. The van der Waals surface area contributed by atoms with Crippen LogP contribution in [0, 0.1) is 5.92 Å². The summed E-state index contributed by atoms with van der Waals surface area (Å²) in [6.07, 6.45) is 4.91. The van der Waals surface area contributed by atoms with E-state index in [0.29, 0.717) is 16.8 Å². The molecule has 0 radical (unpaired) electrons. The minimum absolute atomic E-state index is 0.0909. The summed E-state index contributed by atoms with van der Waals surface area (Å²) in [6, 6.07) is 5.45. The standard InChI is InChI=1S/C15H15ClN2OS/c1-9-2-4-12-10(6-9)7-13(20-12)15(19)18-14-5-3-11(16)8-17-14/h3,5,7-9H,2,4,6H2,1H3,(H,17,18,19). The molecule has 3 nitrogen and oxygen atoms in total. The second-order valence-corrected chi connectivity index (χ2v) is 6.80. The fourth-order valence-electron chi connectivity index (χ4n) is 2.45. The largest absolute Gasteiger partial charge is 0.306 e. The van der Waals surface area contributed by atoms with Crippen molar-refractivity contribution in [3.8, 4) is 0 Å². The summed E-state index contributed by atoms with van der Waals surface area (Å²) in [6.45, 7) is 2.26. The number of pyridine rings is 1. The lowest BCUT2D eigenvalue weighted by Crippen LogP contribution is -2.11. The van der Waals surface area contributed by atoms with Crippen LogP contribution in [0.15, 0.2) is 24.4 Å². The van der Waals surface area contributed by atoms with E-state index in [-0.39, 0.29) is 5.91 Å². The lowest BCUT2D eigenvalue weighted by atomic mass is 9.90. The molecule has 0 aromatic carbocycles. The number of nitrogens with one attached hydrogen (secondary N) is 1. The first-order valence-corrected chi connectivity index (χ1v) is 7.86. The molecule has 1 aliphatic carbocycles. The molecule has 0 fully saturated rings. The molecule has 0 saturated carbocycles. The van der Waals surface area contributed by atoms with E-state index in [0.717, 1.165) is 17.7 Å². The van der Waals surface area contributed by atoms with Crippen LogP contribution >= 0.6 is 22.9 Å². The van der Waals surface area contributed by atoms with Crippen molar-refractivity contribution in [1.82, 2.24) is 4.98 Å². The molecule has 0 saturated heterocycles. The van der Waals surface area contributed by atoms with Gasteiger partial charge in [-0.15, -0.1) is 11.3 Å². The molecule has 0 spiro atoms. The monoisotopic (exact) mass is 306 g/mol. The van der Waals surface area contributed by atoms with Crippen molar-refractivity contribution in [1.29, 1.82) is 0 Å². The third-order valence-electron chi connectivity index (χ3n) is 3.52. The summed E-state index contributed by atoms with van der Waals surface area (Å²) < 4.78 is 0. The van der Waals surface area contributed by atoms with Crippen molar-refractivity contribution >= 4 is 34.7 Å². The Kier molecular flexibility index (Phi) is 3.76. The van der Waals surface area contributed by atoms with Gasteiger partial charge >= 0.3 is 0 Å². The van der Waals surface area contributed by atoms with Gasteiger partial charge < -0.3 is 5.32 Å². The van der Waals surface area contributed by atoms with E-state index in [2.05, 4.69) is 17.2 Å². The molecule has 1 N–H and O–H groups in total. The number of hydrogen-bond acceptors (Lipinski definition) is 3. The van der Waals surface area contributed by atoms with Crippen molar-refractivity contribution in [3.05, 3.63) is 44.7 Å². The molecule has 3 rings (SSSR count). The highest BCUT2D eigenvalue weighted by molar-refractivity contribution is 7.14. The quantitative estimate of drug-likeness (QED) is 0.904. The summed E-state index contributed by atoms with van der Waals surface area (Å²) in [5.41, 5.74) is 1.34. The van der Waals surface area contributed by atoms with Crippen LogP contribution in [0.2, 0.25) is 5.02 Å². The Bertz CT molecular complexity index is 636. The number of fused-ring (bicyclic) bond motifs is 1. The molecule has 5 heteroatoms. The minimum atomic E-state index is -0.0909. The Morgan fingerprint density at radius 2 is 2.35 bits per heavy atom. The number of nitrogens with zero attached hydrogens (tertiary/aromatic N) is 1. The number of aromatic nitrogens is 1. The van der Waals surface area contributed by atoms with Gasteiger partial charge in [-0.1, -0.05) is 18.5 Å². The van der Waals surface area contributed by atoms with Gasteiger partial charge in [0.25, 0.3) is 5.91 Å². The number of amides is 1. The SMILES string of the molecule is CC1CCc2sc(C(=O)Nc3ccc(Cl)cn3)cc2C1. The Balaban J connectivity index is 1.76. The number of anilines is 1. The molecule has 2 heterocycles. The number of aryl methyl sites for hydroxylation is 1. The third-order valence-corrected chi connectivity index (χ3v) is 4.98. The fraction of sp³-hybridized carbons (Fsp3) is 0.333. The van der Waals surface area contributed by atoms with Crippen LogP contribution in [0.1, 0.15) is 33.5 Å². The molecule has 1 aliphatic rings. The maximum atomic E-state index is 12.2. The fourth-order valence-corrected chi connectivity index (χ4v) is 3.66. The summed E-state index contributed by atoms with van der Waals surface area (Å²) in [5.74, 6) is 1.15. The van der Waals surface area contributed by atoms with Crippen LogP contribution in [0.5, 0.6) is 0 Å². The van der Waals surface area contributed by atoms with Crippen LogP contribution in [-0.4, -0.2) is 10.9 Å². The molecule has 104 valence electrons. The van der Waals surface area contributed by atoms with E-state index in [4.69, 9.17) is 11.6 Å². The zero-order chi connectivity index (χ0) is 14.1. The van der Waals surface area contributed by atoms with Crippen molar-refractivity contribution in [2.45, 2.75) is 26.2 Å². The molecule has 1 amide bonds. The molecule has 0 aliphatic heterocycles. The molecule has 0 bridgehead atoms. The number of carbonyl (C=O) groups is 1. The Hall–Kier alpha value is -1.39. The van der Waals surface area contributed by atoms with Gasteiger partial charge in [-0.05, 0) is 48.9 Å². The van der Waals surface area contributed by atoms with Crippen molar-refractivity contribution < 1.29 is 4.79 Å². The highest BCUT2D eigenvalue weighted by Gasteiger charge is 2.20. The molecular formula is C15H15ClN2OS. The van der Waals surface area contributed by atoms with Crippen molar-refractivity contribution in [3.63, 3.8) is 0 Å². The Morgan fingerprint density at radius 3 is 3.10 bits per heavy atom. The Labute approximate surface area is 127 Å². The van der Waals surface area contributed by atoms with Crippen molar-refractivity contribution in [2.75, 3.05) is 5.32 Å². The number of carbonyl (C=O) groups excluding carboxylic acids is 1. The van der Waals surface area contributed by atoms with Gasteiger partial charge in [-0.25, -0.2) is 4.98 Å². The number of hydrogen-bond donors (Lipinski definition) is 1. The summed E-state index contributed by atoms with van der Waals surface area (Å²) in [5, 5.41) is 3.37. The summed E-state index contributed by atoms with van der Waals surface area (Å²) >= 11 is 7.38. The lowest BCUT2D eigenvalue weighted by Gasteiger charge is -2.16. The minimum Gasteiger partial charge on any atom is -0.306 e. The smallest absolute Gasteiger partial charge is 0.266 e. The highest BCUT2D eigenvalue weighted by atomic mass is 35.5. The molecule has 2 aromatic rings. The van der Waals surface area contributed by atoms with Gasteiger partial charge in [0.05, 0.1) is 9.90 Å². The van der Waals surface area contributed by atoms with E-state index < -0.39 is 0 Å². The summed E-state index contributed by atoms with van der Waals surface area (Å²) in [4.78, 5) is 18.4. The average Bonchev–Trinajstić information content (AvgIpc) is 2.84. The van der Waals surface area contributed by atoms with Gasteiger partial charge in [0.15, 0.2) is 0 Å². The van der Waals surface area contributed by atoms with Gasteiger partial charge in [0.2, 0.25) is 0 Å². The van der Waals surface area contributed by atoms with E-state index in [9.17, 15) is 4.79 Å². The molecular weight excluding hydrogens is 292 g/mol. The first-order chi connectivity index (χ1) is 9.61. The van der Waals surface area contributed by atoms with E-state index in [1.807, 2.05) is 6.07 Å². The zero-order valence-corrected chi connectivity index (χ0v) is 12.7. The number of halogens is 1. The molecule has 1 unspecified atom stereocenters. The molecule has 20 heavy (non-hydrogen) atoms. The average molecular weight is 307 g/mol. The molecule has 2 aromatic heterocycles. The van der Waals surface area contributed by atoms with Gasteiger partial charge in [0.1, 0.15) is 5.82 Å². The van der Waals surface area contributed by atoms with Crippen LogP contribution in [0.25, 0.3) is 0 Å². The van der Waals surface area contributed by atoms with Crippen molar-refractivity contribution in [2.24, 2.45) is 5.92 Å². The first kappa shape index (κ1) is 13.6. The zero-order valence-electron chi connectivity index (χ0n) is 11.1. The second-order valence-electron chi connectivity index (χ2n) is 5.22. The maximum absolute atomic E-state index is 12.2. The van der Waals surface area contributed by atoms with Crippen LogP contribution in [0.3, 0.4) is 0 Å². The summed E-state index contributed by atoms with van der Waals surface area (Å²) in [7, 11) is 0. The predicted molar refractivity (Wildman–Crippen MR) is 82.7 cm³/mol. The van der Waals surface area contributed by atoms with E-state index >= 15 is 0 Å². The third kappa shape index (κ3) is 2.86. The van der Waals surface area contributed by atoms with E-state index in [1.54, 1.807) is 23.5 Å². The van der Waals surface area contributed by atoms with Crippen LogP contribution in [-0.2, 0) is 12.8 Å². The van der Waals surface area contributed by atoms with Gasteiger partial charge in [0, 0.05) is 11.1 Å². The normalized spacial score (nSPS) is 17.6. The topological polar surface area (TPSA) is 42.0 Å². The number of thiophene rings is 1. The maximum Gasteiger partial charge on any atom is 0.266 e. The number of rotatable bonds is 2. The van der Waals surface area contributed by atoms with Crippen LogP contribution < -0.4 is 5.32 Å². The molecule has 1 atom stereocenters. The highest BCUT2D eigenvalue weighted by Crippen LogP contribution is 2.32. The van der Waals surface area contributed by atoms with Gasteiger partial charge in [-0.3, -0.25) is 4.79 Å². The van der Waals surface area contributed by atoms with Gasteiger partial charge in [-0.2, -0.15) is 0 Å².